The van der Waals surface area contributed by atoms with E-state index in [1.54, 1.807) is 0 Å². The van der Waals surface area contributed by atoms with Crippen molar-refractivity contribution in [3.63, 3.8) is 0 Å². The van der Waals surface area contributed by atoms with Crippen molar-refractivity contribution in [3.8, 4) is 0 Å². The molecule has 0 unspecified atom stereocenters. The molecule has 1 aliphatic heterocycles. The Morgan fingerprint density at radius 1 is 1.40 bits per heavy atom. The standard InChI is InChI=1S/C6H12F3N3O2S/c7-6(8,9)4-11-15(13,14)12-5-1-2-10-3-5/h5,10-12H,1-4H2/t5-/m0/s1. The van der Waals surface area contributed by atoms with Gasteiger partial charge in [0.05, 0.1) is 0 Å². The Kier molecular flexibility index (Phi) is 3.93. The maximum absolute atomic E-state index is 11.7. The minimum Gasteiger partial charge on any atom is -0.315 e. The van der Waals surface area contributed by atoms with Gasteiger partial charge in [-0.25, -0.2) is 0 Å². The van der Waals surface area contributed by atoms with E-state index in [9.17, 15) is 21.6 Å². The molecule has 9 heteroatoms. The van der Waals surface area contributed by atoms with Crippen LogP contribution >= 0.6 is 0 Å². The third-order valence-corrected chi connectivity index (χ3v) is 3.01. The normalized spacial score (nSPS) is 23.3. The summed E-state index contributed by atoms with van der Waals surface area (Å²) in [6, 6.07) is -0.337. The summed E-state index contributed by atoms with van der Waals surface area (Å²) in [5.74, 6) is 0. The first kappa shape index (κ1) is 12.7. The predicted molar refractivity (Wildman–Crippen MR) is 47.4 cm³/mol. The summed E-state index contributed by atoms with van der Waals surface area (Å²) >= 11 is 0. The van der Waals surface area contributed by atoms with Crippen LogP contribution in [-0.2, 0) is 10.2 Å². The highest BCUT2D eigenvalue weighted by atomic mass is 32.2. The lowest BCUT2D eigenvalue weighted by Gasteiger charge is -2.13. The van der Waals surface area contributed by atoms with Gasteiger partial charge in [-0.2, -0.15) is 31.0 Å². The van der Waals surface area contributed by atoms with Gasteiger partial charge < -0.3 is 5.32 Å². The van der Waals surface area contributed by atoms with Gasteiger partial charge in [0, 0.05) is 12.6 Å². The second-order valence-electron chi connectivity index (χ2n) is 3.25. The number of hydrogen-bond donors (Lipinski definition) is 3. The molecular weight excluding hydrogens is 235 g/mol. The van der Waals surface area contributed by atoms with Crippen LogP contribution in [0.3, 0.4) is 0 Å². The molecule has 90 valence electrons. The largest absolute Gasteiger partial charge is 0.402 e. The second-order valence-corrected chi connectivity index (χ2v) is 4.78. The Bertz CT molecular complexity index is 297. The van der Waals surface area contributed by atoms with E-state index in [0.717, 1.165) is 0 Å². The first-order valence-electron chi connectivity index (χ1n) is 4.33. The molecule has 15 heavy (non-hydrogen) atoms. The highest BCUT2D eigenvalue weighted by molar-refractivity contribution is 7.87. The molecule has 0 aromatic rings. The van der Waals surface area contributed by atoms with Crippen LogP contribution in [0, 0.1) is 0 Å². The molecule has 1 fully saturated rings. The summed E-state index contributed by atoms with van der Waals surface area (Å²) in [5.41, 5.74) is 0. The van der Waals surface area contributed by atoms with Gasteiger partial charge in [0.1, 0.15) is 6.54 Å². The van der Waals surface area contributed by atoms with Gasteiger partial charge in [-0.05, 0) is 13.0 Å². The molecule has 1 atom stereocenters. The van der Waals surface area contributed by atoms with Crippen LogP contribution in [0.15, 0.2) is 0 Å². The second kappa shape index (κ2) is 4.64. The van der Waals surface area contributed by atoms with Crippen LogP contribution in [0.25, 0.3) is 0 Å². The summed E-state index contributed by atoms with van der Waals surface area (Å²) in [6.45, 7) is -0.456. The first-order valence-corrected chi connectivity index (χ1v) is 5.81. The molecule has 0 amide bonds. The summed E-state index contributed by atoms with van der Waals surface area (Å²) in [5, 5.41) is 2.89. The zero-order valence-electron chi connectivity index (χ0n) is 7.76. The lowest BCUT2D eigenvalue weighted by atomic mass is 10.3. The first-order chi connectivity index (χ1) is 6.79. The van der Waals surface area contributed by atoms with Crippen molar-refractivity contribution in [2.75, 3.05) is 19.6 Å². The minimum absolute atomic E-state index is 0.337. The van der Waals surface area contributed by atoms with Crippen molar-refractivity contribution < 1.29 is 21.6 Å². The molecule has 0 spiro atoms. The van der Waals surface area contributed by atoms with Crippen molar-refractivity contribution in [1.82, 2.24) is 14.8 Å². The monoisotopic (exact) mass is 247 g/mol. The molecule has 0 bridgehead atoms. The Labute approximate surface area is 85.6 Å². The zero-order chi connectivity index (χ0) is 11.5. The number of halogens is 3. The highest BCUT2D eigenvalue weighted by Gasteiger charge is 2.30. The van der Waals surface area contributed by atoms with E-state index >= 15 is 0 Å². The third-order valence-electron chi connectivity index (χ3n) is 1.84. The molecular formula is C6H12F3N3O2S. The number of alkyl halides is 3. The van der Waals surface area contributed by atoms with Crippen molar-refractivity contribution in [2.45, 2.75) is 18.6 Å². The quantitative estimate of drug-likeness (QED) is 0.617. The lowest BCUT2D eigenvalue weighted by Crippen LogP contribution is -2.46. The summed E-state index contributed by atoms with van der Waals surface area (Å²) in [6.07, 6.45) is -3.96. The van der Waals surface area contributed by atoms with Gasteiger partial charge in [0.15, 0.2) is 0 Å². The SMILES string of the molecule is O=S(=O)(NCC(F)(F)F)N[C@H]1CCNC1. The fourth-order valence-corrected chi connectivity index (χ4v) is 2.27. The van der Waals surface area contributed by atoms with Crippen LogP contribution in [0.4, 0.5) is 13.2 Å². The molecule has 1 saturated heterocycles. The van der Waals surface area contributed by atoms with Crippen molar-refractivity contribution >= 4 is 10.2 Å². The van der Waals surface area contributed by atoms with Gasteiger partial charge in [-0.3, -0.25) is 0 Å². The van der Waals surface area contributed by atoms with E-state index < -0.39 is 22.9 Å². The molecule has 1 aliphatic rings. The van der Waals surface area contributed by atoms with Crippen LogP contribution in [0.2, 0.25) is 0 Å². The van der Waals surface area contributed by atoms with E-state index in [1.807, 2.05) is 0 Å². The van der Waals surface area contributed by atoms with Crippen LogP contribution in [0.1, 0.15) is 6.42 Å². The van der Waals surface area contributed by atoms with E-state index in [1.165, 1.54) is 4.72 Å². The maximum atomic E-state index is 11.7. The number of rotatable bonds is 4. The summed E-state index contributed by atoms with van der Waals surface area (Å²) < 4.78 is 60.9. The van der Waals surface area contributed by atoms with Crippen LogP contribution < -0.4 is 14.8 Å². The fourth-order valence-electron chi connectivity index (χ4n) is 1.19. The molecule has 3 N–H and O–H groups in total. The lowest BCUT2D eigenvalue weighted by molar-refractivity contribution is -0.121. The van der Waals surface area contributed by atoms with E-state index in [0.29, 0.717) is 19.5 Å². The molecule has 5 nitrogen and oxygen atoms in total. The van der Waals surface area contributed by atoms with E-state index in [-0.39, 0.29) is 6.04 Å². The van der Waals surface area contributed by atoms with Crippen LogP contribution in [0.5, 0.6) is 0 Å². The fraction of sp³-hybridized carbons (Fsp3) is 1.00. The molecule has 1 rings (SSSR count). The smallest absolute Gasteiger partial charge is 0.315 e. The number of nitrogens with one attached hydrogen (secondary N) is 3. The Hall–Kier alpha value is -0.380. The van der Waals surface area contributed by atoms with Gasteiger partial charge in [0.25, 0.3) is 10.2 Å². The average molecular weight is 247 g/mol. The number of hydrogen-bond acceptors (Lipinski definition) is 3. The van der Waals surface area contributed by atoms with Gasteiger partial charge in [0.2, 0.25) is 0 Å². The minimum atomic E-state index is -4.54. The molecule has 0 radical (unpaired) electrons. The molecule has 0 aromatic carbocycles. The topological polar surface area (TPSA) is 70.2 Å². The maximum Gasteiger partial charge on any atom is 0.402 e. The van der Waals surface area contributed by atoms with Crippen molar-refractivity contribution in [1.29, 1.82) is 0 Å². The van der Waals surface area contributed by atoms with Gasteiger partial charge in [-0.15, -0.1) is 0 Å². The van der Waals surface area contributed by atoms with E-state index in [2.05, 4.69) is 10.0 Å². The highest BCUT2D eigenvalue weighted by Crippen LogP contribution is 2.12. The van der Waals surface area contributed by atoms with Crippen molar-refractivity contribution in [3.05, 3.63) is 0 Å². The van der Waals surface area contributed by atoms with Crippen molar-refractivity contribution in [2.24, 2.45) is 0 Å². The summed E-state index contributed by atoms with van der Waals surface area (Å²) in [4.78, 5) is 0. The van der Waals surface area contributed by atoms with Crippen LogP contribution in [-0.4, -0.2) is 40.3 Å². The molecule has 0 aromatic heterocycles. The Morgan fingerprint density at radius 3 is 2.53 bits per heavy atom. The van der Waals surface area contributed by atoms with Gasteiger partial charge in [-0.1, -0.05) is 0 Å². The third kappa shape index (κ3) is 5.30. The Morgan fingerprint density at radius 2 is 2.07 bits per heavy atom. The Balaban J connectivity index is 2.38. The summed E-state index contributed by atoms with van der Waals surface area (Å²) in [7, 11) is -4.06. The zero-order valence-corrected chi connectivity index (χ0v) is 8.58. The molecule has 1 heterocycles. The molecule has 0 aliphatic carbocycles. The predicted octanol–water partition coefficient (Wildman–Crippen LogP) is -0.665. The average Bonchev–Trinajstić information content (AvgIpc) is 2.52. The molecule has 0 saturated carbocycles. The van der Waals surface area contributed by atoms with Gasteiger partial charge >= 0.3 is 6.18 Å². The van der Waals surface area contributed by atoms with E-state index in [4.69, 9.17) is 0 Å².